The number of aromatic nitrogens is 2. The van der Waals surface area contributed by atoms with Gasteiger partial charge < -0.3 is 26.0 Å². The van der Waals surface area contributed by atoms with Crippen molar-refractivity contribution in [1.82, 2.24) is 10.2 Å². The van der Waals surface area contributed by atoms with Crippen molar-refractivity contribution in [2.75, 3.05) is 12.4 Å². The average Bonchev–Trinajstić information content (AvgIpc) is 2.94. The van der Waals surface area contributed by atoms with E-state index in [1.165, 1.54) is 19.4 Å². The maximum Gasteiger partial charge on any atom is 0.292 e. The number of ether oxygens (including phenoxy) is 2. The van der Waals surface area contributed by atoms with Crippen LogP contribution in [0.4, 0.5) is 10.3 Å². The summed E-state index contributed by atoms with van der Waals surface area (Å²) in [6.45, 7) is 1.74. The Kier molecular flexibility index (Phi) is 5.50. The highest BCUT2D eigenvalue weighted by molar-refractivity contribution is 7.18. The quantitative estimate of drug-likeness (QED) is 0.543. The van der Waals surface area contributed by atoms with Crippen LogP contribution in [0.1, 0.15) is 6.92 Å². The highest BCUT2D eigenvalue weighted by Gasteiger charge is 2.27. The van der Waals surface area contributed by atoms with Crippen LogP contribution in [0.3, 0.4) is 0 Å². The van der Waals surface area contributed by atoms with Crippen molar-refractivity contribution in [2.45, 2.75) is 13.2 Å². The summed E-state index contributed by atoms with van der Waals surface area (Å²) in [6, 6.07) is 0. The van der Waals surface area contributed by atoms with E-state index in [9.17, 15) is 9.90 Å². The zero-order valence-electron chi connectivity index (χ0n) is 12.9. The van der Waals surface area contributed by atoms with Gasteiger partial charge in [-0.05, 0) is 19.2 Å². The number of nitrogens with two attached hydrogens (primary N) is 2. The molecule has 0 radical (unpaired) electrons. The number of amides is 1. The summed E-state index contributed by atoms with van der Waals surface area (Å²) >= 11 is 1.06. The third-order valence-corrected chi connectivity index (χ3v) is 3.45. The van der Waals surface area contributed by atoms with Crippen molar-refractivity contribution in [1.29, 1.82) is 0 Å². The molecule has 0 saturated heterocycles. The fraction of sp³-hybridized carbons (Fsp3) is 0.231. The molecule has 1 aromatic rings. The fourth-order valence-corrected chi connectivity index (χ4v) is 2.37. The van der Waals surface area contributed by atoms with E-state index in [-0.39, 0.29) is 22.3 Å². The summed E-state index contributed by atoms with van der Waals surface area (Å²) in [7, 11) is 1.33. The Morgan fingerprint density at radius 1 is 1.58 bits per heavy atom. The second-order valence-corrected chi connectivity index (χ2v) is 5.41. The van der Waals surface area contributed by atoms with Crippen molar-refractivity contribution in [3.63, 3.8) is 0 Å². The first-order valence-electron chi connectivity index (χ1n) is 6.63. The number of aliphatic imine (C=N–C) groups is 1. The van der Waals surface area contributed by atoms with E-state index >= 15 is 0 Å². The highest BCUT2D eigenvalue weighted by Crippen LogP contribution is 2.25. The molecular weight excluding hydrogens is 336 g/mol. The van der Waals surface area contributed by atoms with E-state index in [4.69, 9.17) is 20.9 Å². The molecule has 2 heterocycles. The van der Waals surface area contributed by atoms with Gasteiger partial charge in [-0.15, -0.1) is 10.2 Å². The minimum atomic E-state index is -1.46. The molecule has 0 saturated carbocycles. The lowest BCUT2D eigenvalue weighted by Gasteiger charge is -2.22. The number of rotatable bonds is 5. The van der Waals surface area contributed by atoms with Gasteiger partial charge in [-0.3, -0.25) is 10.1 Å². The van der Waals surface area contributed by atoms with Crippen LogP contribution < -0.4 is 16.8 Å². The number of allylic oxidation sites excluding steroid dienone is 2. The lowest BCUT2D eigenvalue weighted by Crippen LogP contribution is -2.29. The van der Waals surface area contributed by atoms with Crippen LogP contribution in [0.2, 0.25) is 0 Å². The highest BCUT2D eigenvalue weighted by atomic mass is 32.1. The summed E-state index contributed by atoms with van der Waals surface area (Å²) in [5.74, 6) is -0.789. The second-order valence-electron chi connectivity index (χ2n) is 4.46. The van der Waals surface area contributed by atoms with Gasteiger partial charge in [0.05, 0.1) is 12.8 Å². The van der Waals surface area contributed by atoms with E-state index < -0.39 is 12.2 Å². The van der Waals surface area contributed by atoms with Gasteiger partial charge in [-0.2, -0.15) is 0 Å². The third kappa shape index (κ3) is 4.08. The fourth-order valence-electron chi connectivity index (χ4n) is 1.70. The van der Waals surface area contributed by atoms with Gasteiger partial charge in [0.2, 0.25) is 10.3 Å². The number of nitrogens with one attached hydrogen (secondary N) is 1. The Balaban J connectivity index is 2.10. The lowest BCUT2D eigenvalue weighted by molar-refractivity contribution is -0.124. The van der Waals surface area contributed by atoms with E-state index in [0.717, 1.165) is 11.3 Å². The first-order chi connectivity index (χ1) is 11.4. The van der Waals surface area contributed by atoms with Gasteiger partial charge in [0.15, 0.2) is 11.5 Å². The summed E-state index contributed by atoms with van der Waals surface area (Å²) < 4.78 is 9.92. The molecule has 2 rings (SSSR count). The normalized spacial score (nSPS) is 18.4. The van der Waals surface area contributed by atoms with Gasteiger partial charge in [-0.25, -0.2) is 4.99 Å². The number of carbonyl (C=O) groups excluding carboxylic acids is 1. The predicted molar refractivity (Wildman–Crippen MR) is 88.0 cm³/mol. The molecule has 0 bridgehead atoms. The molecule has 1 atom stereocenters. The molecule has 1 amide bonds. The van der Waals surface area contributed by atoms with Gasteiger partial charge >= 0.3 is 0 Å². The third-order valence-electron chi connectivity index (χ3n) is 2.72. The monoisotopic (exact) mass is 352 g/mol. The van der Waals surface area contributed by atoms with Gasteiger partial charge in [0.25, 0.3) is 12.2 Å². The van der Waals surface area contributed by atoms with E-state index in [1.54, 1.807) is 13.0 Å². The van der Waals surface area contributed by atoms with Crippen molar-refractivity contribution < 1.29 is 19.4 Å². The van der Waals surface area contributed by atoms with Gasteiger partial charge in [-0.1, -0.05) is 11.3 Å². The summed E-state index contributed by atoms with van der Waals surface area (Å²) in [5, 5.41) is 20.4. The van der Waals surface area contributed by atoms with Crippen LogP contribution in [0.5, 0.6) is 0 Å². The number of carbonyl (C=O) groups is 1. The molecule has 128 valence electrons. The largest absolute Gasteiger partial charge is 0.493 e. The number of aliphatic hydroxyl groups is 1. The number of hydrogen-bond acceptors (Lipinski definition) is 10. The topological polar surface area (TPSA) is 158 Å². The predicted octanol–water partition coefficient (Wildman–Crippen LogP) is 0.0906. The zero-order valence-corrected chi connectivity index (χ0v) is 13.7. The number of methoxy groups -OCH3 is 1. The maximum absolute atomic E-state index is 12.1. The van der Waals surface area contributed by atoms with Crippen LogP contribution in [0, 0.1) is 0 Å². The molecule has 6 N–H and O–H groups in total. The second kappa shape index (κ2) is 7.57. The Bertz CT molecular complexity index is 751. The lowest BCUT2D eigenvalue weighted by atomic mass is 10.2. The van der Waals surface area contributed by atoms with Gasteiger partial charge in [0, 0.05) is 11.8 Å². The SMILES string of the molecule is COC1=C(N)C=C(C(=O)Nc2nnc(N=C(C)C=CN)s2)OC1O. The molecule has 1 aromatic heterocycles. The number of aliphatic hydroxyl groups excluding tert-OH is 1. The summed E-state index contributed by atoms with van der Waals surface area (Å²) in [6.07, 6.45) is 2.75. The molecule has 1 aliphatic rings. The average molecular weight is 352 g/mol. The number of hydrogen-bond donors (Lipinski definition) is 4. The van der Waals surface area contributed by atoms with Gasteiger partial charge in [0.1, 0.15) is 0 Å². The molecule has 0 spiro atoms. The van der Waals surface area contributed by atoms with Crippen molar-refractivity contribution >= 4 is 33.2 Å². The molecule has 1 aliphatic heterocycles. The summed E-state index contributed by atoms with van der Waals surface area (Å²) in [5.41, 5.74) is 11.7. The van der Waals surface area contributed by atoms with Crippen molar-refractivity contribution in [3.8, 4) is 0 Å². The van der Waals surface area contributed by atoms with Crippen LogP contribution >= 0.6 is 11.3 Å². The Hall–Kier alpha value is -2.92. The van der Waals surface area contributed by atoms with Crippen molar-refractivity contribution in [3.05, 3.63) is 35.6 Å². The molecule has 1 unspecified atom stereocenters. The first kappa shape index (κ1) is 17.4. The van der Waals surface area contributed by atoms with Crippen LogP contribution in [-0.2, 0) is 14.3 Å². The standard InChI is InChI=1S/C13H16N6O4S/c1-6(3-4-14)16-12-18-19-13(24-12)17-10(20)8-5-7(15)9(22-2)11(21)23-8/h3-5,11,21H,14-15H2,1-2H3,(H,17,19,20). The molecule has 0 fully saturated rings. The molecule has 0 aromatic carbocycles. The Morgan fingerprint density at radius 3 is 2.96 bits per heavy atom. The Morgan fingerprint density at radius 2 is 2.33 bits per heavy atom. The molecule has 24 heavy (non-hydrogen) atoms. The molecule has 10 nitrogen and oxygen atoms in total. The Labute approximate surface area is 141 Å². The smallest absolute Gasteiger partial charge is 0.292 e. The van der Waals surface area contributed by atoms with Crippen LogP contribution in [-0.4, -0.2) is 40.3 Å². The maximum atomic E-state index is 12.1. The number of anilines is 1. The zero-order chi connectivity index (χ0) is 17.7. The van der Waals surface area contributed by atoms with Crippen LogP contribution in [0.25, 0.3) is 0 Å². The first-order valence-corrected chi connectivity index (χ1v) is 7.44. The minimum absolute atomic E-state index is 0.0301. The van der Waals surface area contributed by atoms with Crippen LogP contribution in [0.15, 0.2) is 40.6 Å². The van der Waals surface area contributed by atoms with Crippen molar-refractivity contribution in [2.24, 2.45) is 16.5 Å². The van der Waals surface area contributed by atoms with E-state index in [2.05, 4.69) is 20.5 Å². The summed E-state index contributed by atoms with van der Waals surface area (Å²) in [4.78, 5) is 16.3. The molecular formula is C13H16N6O4S. The van der Waals surface area contributed by atoms with E-state index in [1.807, 2.05) is 0 Å². The molecule has 0 aliphatic carbocycles. The minimum Gasteiger partial charge on any atom is -0.493 e. The number of nitrogens with zero attached hydrogens (tertiary/aromatic N) is 3. The molecule has 11 heteroatoms. The van der Waals surface area contributed by atoms with E-state index in [0.29, 0.717) is 10.8 Å².